The molecule has 3 aromatic carbocycles. The van der Waals surface area contributed by atoms with Crippen LogP contribution in [-0.4, -0.2) is 27.5 Å². The molecule has 0 bridgehead atoms. The number of ether oxygens (including phenoxy) is 1. The summed E-state index contributed by atoms with van der Waals surface area (Å²) in [6.45, 7) is 5.72. The van der Waals surface area contributed by atoms with Crippen molar-refractivity contribution < 1.29 is 17.9 Å². The van der Waals surface area contributed by atoms with E-state index in [0.717, 1.165) is 16.7 Å². The molecule has 0 unspecified atom stereocenters. The summed E-state index contributed by atoms with van der Waals surface area (Å²) in [5.74, 6) is 0.170. The third-order valence-corrected chi connectivity index (χ3v) is 6.82. The normalized spacial score (nSPS) is 12.2. The van der Waals surface area contributed by atoms with Gasteiger partial charge in [-0.1, -0.05) is 36.4 Å². The fraction of sp³-hybridized carbons (Fsp3) is 0.240. The van der Waals surface area contributed by atoms with Crippen LogP contribution < -0.4 is 14.8 Å². The summed E-state index contributed by atoms with van der Waals surface area (Å²) in [6.07, 6.45) is 0.214. The summed E-state index contributed by atoms with van der Waals surface area (Å²) in [7, 11) is -2.42. The van der Waals surface area contributed by atoms with Gasteiger partial charge in [0.25, 0.3) is 0 Å². The van der Waals surface area contributed by atoms with Gasteiger partial charge in [0.2, 0.25) is 15.9 Å². The van der Waals surface area contributed by atoms with Crippen molar-refractivity contribution >= 4 is 21.6 Å². The maximum atomic E-state index is 13.1. The Bertz CT molecular complexity index is 1210. The Hall–Kier alpha value is -3.16. The van der Waals surface area contributed by atoms with Gasteiger partial charge in [0.05, 0.1) is 12.0 Å². The molecule has 1 amide bonds. The molecule has 7 heteroatoms. The van der Waals surface area contributed by atoms with Crippen LogP contribution in [0.25, 0.3) is 0 Å². The molecular weight excluding hydrogens is 424 g/mol. The van der Waals surface area contributed by atoms with E-state index in [4.69, 9.17) is 4.74 Å². The topological polar surface area (TPSA) is 84.5 Å². The molecule has 32 heavy (non-hydrogen) atoms. The zero-order valence-electron chi connectivity index (χ0n) is 18.7. The van der Waals surface area contributed by atoms with Crippen molar-refractivity contribution in [2.24, 2.45) is 0 Å². The molecule has 0 spiro atoms. The molecule has 0 heterocycles. The lowest BCUT2D eigenvalue weighted by molar-refractivity contribution is -0.117. The molecule has 0 saturated heterocycles. The van der Waals surface area contributed by atoms with E-state index in [9.17, 15) is 13.2 Å². The van der Waals surface area contributed by atoms with Crippen molar-refractivity contribution in [3.8, 4) is 5.75 Å². The molecule has 0 aliphatic carbocycles. The summed E-state index contributed by atoms with van der Waals surface area (Å²) < 4.78 is 34.0. The molecule has 0 aliphatic heterocycles. The van der Waals surface area contributed by atoms with Gasteiger partial charge in [-0.3, -0.25) is 4.79 Å². The lowest BCUT2D eigenvalue weighted by atomic mass is 10.1. The van der Waals surface area contributed by atoms with E-state index in [1.165, 1.54) is 19.2 Å². The Morgan fingerprint density at radius 1 is 0.906 bits per heavy atom. The summed E-state index contributed by atoms with van der Waals surface area (Å²) >= 11 is 0. The fourth-order valence-electron chi connectivity index (χ4n) is 3.36. The van der Waals surface area contributed by atoms with Gasteiger partial charge in [0.1, 0.15) is 11.8 Å². The Balaban J connectivity index is 1.88. The van der Waals surface area contributed by atoms with Crippen LogP contribution in [0.15, 0.2) is 71.6 Å². The van der Waals surface area contributed by atoms with Crippen LogP contribution >= 0.6 is 0 Å². The van der Waals surface area contributed by atoms with E-state index >= 15 is 0 Å². The Labute approximate surface area is 189 Å². The minimum Gasteiger partial charge on any atom is -0.496 e. The lowest BCUT2D eigenvalue weighted by Gasteiger charge is -2.19. The Morgan fingerprint density at radius 3 is 2.25 bits per heavy atom. The number of hydrogen-bond acceptors (Lipinski definition) is 4. The van der Waals surface area contributed by atoms with Crippen molar-refractivity contribution in [1.82, 2.24) is 4.72 Å². The van der Waals surface area contributed by atoms with Gasteiger partial charge in [-0.2, -0.15) is 4.72 Å². The highest BCUT2D eigenvalue weighted by molar-refractivity contribution is 7.89. The fourth-order valence-corrected chi connectivity index (χ4v) is 4.64. The van der Waals surface area contributed by atoms with Crippen molar-refractivity contribution in [2.75, 3.05) is 12.4 Å². The number of sulfonamides is 1. The van der Waals surface area contributed by atoms with Crippen LogP contribution in [0.2, 0.25) is 0 Å². The smallest absolute Gasteiger partial charge is 0.242 e. The van der Waals surface area contributed by atoms with Crippen LogP contribution in [0.4, 0.5) is 5.69 Å². The molecule has 6 nitrogen and oxygen atoms in total. The first kappa shape index (κ1) is 23.5. The highest BCUT2D eigenvalue weighted by Crippen LogP contribution is 2.22. The Morgan fingerprint density at radius 2 is 1.62 bits per heavy atom. The largest absolute Gasteiger partial charge is 0.496 e. The monoisotopic (exact) mass is 452 g/mol. The molecule has 1 atom stereocenters. The minimum atomic E-state index is -3.95. The Kier molecular flexibility index (Phi) is 7.33. The van der Waals surface area contributed by atoms with Crippen molar-refractivity contribution in [3.63, 3.8) is 0 Å². The maximum Gasteiger partial charge on any atom is 0.242 e. The van der Waals surface area contributed by atoms with E-state index < -0.39 is 22.0 Å². The molecule has 0 radical (unpaired) electrons. The number of rotatable bonds is 8. The molecule has 2 N–H and O–H groups in total. The van der Waals surface area contributed by atoms with E-state index in [0.29, 0.717) is 17.0 Å². The van der Waals surface area contributed by atoms with Crippen molar-refractivity contribution in [1.29, 1.82) is 0 Å². The van der Waals surface area contributed by atoms with Gasteiger partial charge in [-0.25, -0.2) is 8.42 Å². The molecule has 3 rings (SSSR count). The van der Waals surface area contributed by atoms with Crippen LogP contribution in [0.5, 0.6) is 5.75 Å². The zero-order valence-corrected chi connectivity index (χ0v) is 19.5. The average molecular weight is 453 g/mol. The highest BCUT2D eigenvalue weighted by atomic mass is 32.2. The zero-order chi connectivity index (χ0) is 23.3. The standard InChI is InChI=1S/C25H28N2O4S/c1-17-10-11-21(14-18(17)2)26-25(28)23(16-20-8-6-5-7-9-20)27-32(29,30)22-12-13-24(31-4)19(3)15-22/h5-15,23,27H,16H2,1-4H3,(H,26,28)/t23-/m1/s1. The second kappa shape index (κ2) is 9.97. The highest BCUT2D eigenvalue weighted by Gasteiger charge is 2.27. The number of methoxy groups -OCH3 is 1. The number of amides is 1. The average Bonchev–Trinajstić information content (AvgIpc) is 2.76. The number of carbonyl (C=O) groups is 1. The van der Waals surface area contributed by atoms with E-state index in [2.05, 4.69) is 10.0 Å². The summed E-state index contributed by atoms with van der Waals surface area (Å²) in [4.78, 5) is 13.2. The summed E-state index contributed by atoms with van der Waals surface area (Å²) in [5, 5.41) is 2.85. The van der Waals surface area contributed by atoms with Crippen LogP contribution in [0.3, 0.4) is 0 Å². The number of anilines is 1. The van der Waals surface area contributed by atoms with Gasteiger partial charge >= 0.3 is 0 Å². The quantitative estimate of drug-likeness (QED) is 0.538. The van der Waals surface area contributed by atoms with Crippen molar-refractivity contribution in [2.45, 2.75) is 38.1 Å². The van der Waals surface area contributed by atoms with Crippen LogP contribution in [0, 0.1) is 20.8 Å². The van der Waals surface area contributed by atoms with Gasteiger partial charge in [0, 0.05) is 5.69 Å². The lowest BCUT2D eigenvalue weighted by Crippen LogP contribution is -2.45. The van der Waals surface area contributed by atoms with Gasteiger partial charge in [0.15, 0.2) is 0 Å². The first-order valence-corrected chi connectivity index (χ1v) is 11.8. The number of hydrogen-bond donors (Lipinski definition) is 2. The van der Waals surface area contributed by atoms with E-state index in [-0.39, 0.29) is 11.3 Å². The molecule has 0 aromatic heterocycles. The number of aryl methyl sites for hydroxylation is 3. The third-order valence-electron chi connectivity index (χ3n) is 5.35. The molecule has 0 aliphatic rings. The summed E-state index contributed by atoms with van der Waals surface area (Å²) in [6, 6.07) is 18.5. The predicted molar refractivity (Wildman–Crippen MR) is 127 cm³/mol. The maximum absolute atomic E-state index is 13.1. The number of nitrogens with one attached hydrogen (secondary N) is 2. The van der Waals surface area contributed by atoms with Crippen LogP contribution in [0.1, 0.15) is 22.3 Å². The van der Waals surface area contributed by atoms with E-state index in [1.54, 1.807) is 19.1 Å². The minimum absolute atomic E-state index is 0.0767. The first-order valence-electron chi connectivity index (χ1n) is 10.3. The number of carbonyl (C=O) groups excluding carboxylic acids is 1. The van der Waals surface area contributed by atoms with Gasteiger partial charge in [-0.15, -0.1) is 0 Å². The van der Waals surface area contributed by atoms with Crippen molar-refractivity contribution in [3.05, 3.63) is 89.0 Å². The second-order valence-electron chi connectivity index (χ2n) is 7.78. The first-order chi connectivity index (χ1) is 15.2. The predicted octanol–water partition coefficient (Wildman–Crippen LogP) is 4.15. The second-order valence-corrected chi connectivity index (χ2v) is 9.50. The summed E-state index contributed by atoms with van der Waals surface area (Å²) in [5.41, 5.74) is 4.31. The molecular formula is C25H28N2O4S. The third kappa shape index (κ3) is 5.75. The van der Waals surface area contributed by atoms with E-state index in [1.807, 2.05) is 56.3 Å². The van der Waals surface area contributed by atoms with Gasteiger partial charge in [-0.05, 0) is 79.8 Å². The van der Waals surface area contributed by atoms with Gasteiger partial charge < -0.3 is 10.1 Å². The number of benzene rings is 3. The SMILES string of the molecule is COc1ccc(S(=O)(=O)N[C@H](Cc2ccccc2)C(=O)Nc2ccc(C)c(C)c2)cc1C. The molecule has 0 saturated carbocycles. The molecule has 3 aromatic rings. The molecule has 0 fully saturated rings. The molecule has 168 valence electrons. The van der Waals surface area contributed by atoms with Crippen LogP contribution in [-0.2, 0) is 21.2 Å².